The Morgan fingerprint density at radius 1 is 1.37 bits per heavy atom. The molecule has 3 atom stereocenters. The molecule has 110 valence electrons. The van der Waals surface area contributed by atoms with Gasteiger partial charge < -0.3 is 15.5 Å². The molecule has 0 radical (unpaired) electrons. The normalized spacial score (nSPS) is 31.4. The first kappa shape index (κ1) is 14.8. The molecule has 0 aromatic heterocycles. The molecule has 1 aliphatic heterocycles. The van der Waals surface area contributed by atoms with Crippen LogP contribution in [-0.2, 0) is 4.79 Å². The van der Waals surface area contributed by atoms with Gasteiger partial charge in [-0.2, -0.15) is 0 Å². The van der Waals surface area contributed by atoms with E-state index in [0.29, 0.717) is 24.2 Å². The minimum Gasteiger partial charge on any atom is -0.342 e. The lowest BCUT2D eigenvalue weighted by Crippen LogP contribution is -2.35. The van der Waals surface area contributed by atoms with E-state index in [4.69, 9.17) is 5.73 Å². The van der Waals surface area contributed by atoms with E-state index in [2.05, 4.69) is 23.8 Å². The Morgan fingerprint density at radius 2 is 2.16 bits per heavy atom. The molecular weight excluding hydrogens is 238 g/mol. The topological polar surface area (TPSA) is 49.6 Å². The molecule has 2 rings (SSSR count). The minimum absolute atomic E-state index is 0.258. The summed E-state index contributed by atoms with van der Waals surface area (Å²) in [5.41, 5.74) is 6.06. The molecule has 2 fully saturated rings. The van der Waals surface area contributed by atoms with E-state index >= 15 is 0 Å². The van der Waals surface area contributed by atoms with Gasteiger partial charge in [-0.1, -0.05) is 13.3 Å². The van der Waals surface area contributed by atoms with Gasteiger partial charge in [0.1, 0.15) is 0 Å². The van der Waals surface area contributed by atoms with Crippen LogP contribution in [0.2, 0.25) is 0 Å². The molecular formula is C15H29N3O. The van der Waals surface area contributed by atoms with Crippen molar-refractivity contribution in [3.63, 3.8) is 0 Å². The maximum atomic E-state index is 12.3. The molecule has 0 aromatic carbocycles. The highest BCUT2D eigenvalue weighted by atomic mass is 16.2. The van der Waals surface area contributed by atoms with Crippen molar-refractivity contribution in [3.05, 3.63) is 0 Å². The van der Waals surface area contributed by atoms with Crippen molar-refractivity contribution in [3.8, 4) is 0 Å². The number of nitrogens with two attached hydrogens (primary N) is 1. The third-order valence-electron chi connectivity index (χ3n) is 4.90. The fourth-order valence-electron chi connectivity index (χ4n) is 3.45. The lowest BCUT2D eigenvalue weighted by Gasteiger charge is -2.22. The van der Waals surface area contributed by atoms with Gasteiger partial charge in [0.15, 0.2) is 0 Å². The van der Waals surface area contributed by atoms with E-state index < -0.39 is 0 Å². The van der Waals surface area contributed by atoms with Crippen LogP contribution in [0.25, 0.3) is 0 Å². The molecule has 1 amide bonds. The summed E-state index contributed by atoms with van der Waals surface area (Å²) in [7, 11) is 2.15. The van der Waals surface area contributed by atoms with Crippen molar-refractivity contribution in [2.24, 2.45) is 17.6 Å². The first-order chi connectivity index (χ1) is 9.10. The largest absolute Gasteiger partial charge is 0.342 e. The van der Waals surface area contributed by atoms with Gasteiger partial charge in [0.25, 0.3) is 0 Å². The molecule has 1 aliphatic carbocycles. The highest BCUT2D eigenvalue weighted by Gasteiger charge is 2.31. The molecule has 4 nitrogen and oxygen atoms in total. The van der Waals surface area contributed by atoms with Crippen molar-refractivity contribution >= 4 is 5.91 Å². The van der Waals surface area contributed by atoms with Crippen molar-refractivity contribution in [1.29, 1.82) is 0 Å². The van der Waals surface area contributed by atoms with Crippen molar-refractivity contribution < 1.29 is 4.79 Å². The van der Waals surface area contributed by atoms with Crippen LogP contribution < -0.4 is 5.73 Å². The summed E-state index contributed by atoms with van der Waals surface area (Å²) >= 11 is 0. The fourth-order valence-corrected chi connectivity index (χ4v) is 3.45. The Labute approximate surface area is 117 Å². The molecule has 0 aromatic rings. The molecule has 0 bridgehead atoms. The zero-order valence-corrected chi connectivity index (χ0v) is 12.5. The number of hydrogen-bond acceptors (Lipinski definition) is 3. The fraction of sp³-hybridized carbons (Fsp3) is 0.933. The second kappa shape index (κ2) is 6.71. The zero-order valence-electron chi connectivity index (χ0n) is 12.5. The number of likely N-dealkylation sites (tertiary alicyclic amines) is 1. The Bertz CT molecular complexity index is 308. The van der Waals surface area contributed by atoms with Crippen LogP contribution in [-0.4, -0.2) is 55.0 Å². The van der Waals surface area contributed by atoms with Gasteiger partial charge in [-0.15, -0.1) is 0 Å². The average Bonchev–Trinajstić information content (AvgIpc) is 2.99. The minimum atomic E-state index is 0.258. The third-order valence-corrected chi connectivity index (χ3v) is 4.90. The zero-order chi connectivity index (χ0) is 13.8. The number of amides is 1. The second-order valence-electron chi connectivity index (χ2n) is 6.41. The Kier molecular flexibility index (Phi) is 5.22. The lowest BCUT2D eigenvalue weighted by molar-refractivity contribution is -0.131. The predicted molar refractivity (Wildman–Crippen MR) is 77.8 cm³/mol. The van der Waals surface area contributed by atoms with Crippen LogP contribution in [0.3, 0.4) is 0 Å². The van der Waals surface area contributed by atoms with Crippen molar-refractivity contribution in [2.75, 3.05) is 33.2 Å². The van der Waals surface area contributed by atoms with E-state index in [1.54, 1.807) is 0 Å². The molecule has 19 heavy (non-hydrogen) atoms. The molecule has 0 spiro atoms. The highest BCUT2D eigenvalue weighted by molar-refractivity contribution is 5.76. The molecule has 1 saturated carbocycles. The maximum absolute atomic E-state index is 12.3. The molecule has 2 aliphatic rings. The number of nitrogens with zero attached hydrogens (tertiary/aromatic N) is 2. The lowest BCUT2D eigenvalue weighted by atomic mass is 9.99. The van der Waals surface area contributed by atoms with Crippen molar-refractivity contribution in [2.45, 2.75) is 45.1 Å². The van der Waals surface area contributed by atoms with Gasteiger partial charge in [-0.25, -0.2) is 0 Å². The Hall–Kier alpha value is -0.610. The summed E-state index contributed by atoms with van der Waals surface area (Å²) < 4.78 is 0. The van der Waals surface area contributed by atoms with Crippen LogP contribution in [0.5, 0.6) is 0 Å². The van der Waals surface area contributed by atoms with E-state index in [1.807, 2.05) is 0 Å². The van der Waals surface area contributed by atoms with E-state index in [-0.39, 0.29) is 6.04 Å². The number of hydrogen-bond donors (Lipinski definition) is 1. The van der Waals surface area contributed by atoms with Crippen LogP contribution in [0.15, 0.2) is 0 Å². The quantitative estimate of drug-likeness (QED) is 0.817. The van der Waals surface area contributed by atoms with Crippen LogP contribution in [0, 0.1) is 11.8 Å². The van der Waals surface area contributed by atoms with E-state index in [0.717, 1.165) is 45.4 Å². The number of carbonyl (C=O) groups is 1. The van der Waals surface area contributed by atoms with Crippen molar-refractivity contribution in [1.82, 2.24) is 9.80 Å². The van der Waals surface area contributed by atoms with E-state index in [9.17, 15) is 4.79 Å². The Morgan fingerprint density at radius 3 is 2.79 bits per heavy atom. The van der Waals surface area contributed by atoms with Gasteiger partial charge in [0.05, 0.1) is 0 Å². The second-order valence-corrected chi connectivity index (χ2v) is 6.41. The van der Waals surface area contributed by atoms with Gasteiger partial charge in [0.2, 0.25) is 5.91 Å². The molecule has 1 unspecified atom stereocenters. The monoisotopic (exact) mass is 267 g/mol. The molecule has 1 heterocycles. The maximum Gasteiger partial charge on any atom is 0.222 e. The SMILES string of the molecule is CCN(C)CC1CCN(C(=O)C[C@@H]2CCC[C@H]2N)C1. The summed E-state index contributed by atoms with van der Waals surface area (Å²) in [5.74, 6) is 1.43. The Balaban J connectivity index is 1.75. The summed E-state index contributed by atoms with van der Waals surface area (Å²) in [4.78, 5) is 16.7. The van der Waals surface area contributed by atoms with Gasteiger partial charge in [0, 0.05) is 32.1 Å². The third kappa shape index (κ3) is 3.93. The number of rotatable bonds is 5. The summed E-state index contributed by atoms with van der Waals surface area (Å²) in [6.07, 6.45) is 5.28. The first-order valence-electron chi connectivity index (χ1n) is 7.82. The summed E-state index contributed by atoms with van der Waals surface area (Å²) in [6.45, 7) is 6.28. The van der Waals surface area contributed by atoms with Gasteiger partial charge in [-0.05, 0) is 44.7 Å². The standard InChI is InChI=1S/C15H29N3O/c1-3-17(2)10-12-7-8-18(11-12)15(19)9-13-5-4-6-14(13)16/h12-14H,3-11,16H2,1-2H3/t12?,13-,14+/m0/s1. The average molecular weight is 267 g/mol. The number of carbonyl (C=O) groups excluding carboxylic acids is 1. The highest BCUT2D eigenvalue weighted by Crippen LogP contribution is 2.28. The molecule has 2 N–H and O–H groups in total. The summed E-state index contributed by atoms with van der Waals surface area (Å²) in [5, 5.41) is 0. The van der Waals surface area contributed by atoms with Crippen LogP contribution in [0.4, 0.5) is 0 Å². The molecule has 1 saturated heterocycles. The summed E-state index contributed by atoms with van der Waals surface area (Å²) in [6, 6.07) is 0.258. The van der Waals surface area contributed by atoms with E-state index in [1.165, 1.54) is 6.42 Å². The molecule has 4 heteroatoms. The predicted octanol–water partition coefficient (Wildman–Crippen LogP) is 1.30. The van der Waals surface area contributed by atoms with Crippen LogP contribution in [0.1, 0.15) is 39.0 Å². The van der Waals surface area contributed by atoms with Gasteiger partial charge in [-0.3, -0.25) is 4.79 Å². The van der Waals surface area contributed by atoms with Gasteiger partial charge >= 0.3 is 0 Å². The van der Waals surface area contributed by atoms with Crippen LogP contribution >= 0.6 is 0 Å². The smallest absolute Gasteiger partial charge is 0.222 e. The first-order valence-corrected chi connectivity index (χ1v) is 7.82.